The van der Waals surface area contributed by atoms with Crippen molar-refractivity contribution in [2.24, 2.45) is 11.8 Å². The molecule has 1 aromatic rings. The molecule has 1 aliphatic rings. The summed E-state index contributed by atoms with van der Waals surface area (Å²) in [5.41, 5.74) is 2.14. The second kappa shape index (κ2) is 7.59. The lowest BCUT2D eigenvalue weighted by atomic mass is 9.80. The topological polar surface area (TPSA) is 37.8 Å². The first kappa shape index (κ1) is 16.8. The highest BCUT2D eigenvalue weighted by Gasteiger charge is 2.34. The summed E-state index contributed by atoms with van der Waals surface area (Å²) < 4.78 is 0. The minimum atomic E-state index is 0.578. The van der Waals surface area contributed by atoms with Crippen molar-refractivity contribution in [2.75, 3.05) is 6.54 Å². The van der Waals surface area contributed by atoms with Gasteiger partial charge in [0.1, 0.15) is 0 Å². The van der Waals surface area contributed by atoms with Crippen molar-refractivity contribution in [2.45, 2.75) is 70.3 Å². The smallest absolute Gasteiger partial charge is 0.188 e. The van der Waals surface area contributed by atoms with Gasteiger partial charge in [-0.3, -0.25) is 0 Å². The van der Waals surface area contributed by atoms with E-state index in [-0.39, 0.29) is 0 Å². The van der Waals surface area contributed by atoms with Gasteiger partial charge in [-0.25, -0.2) is 9.97 Å². The van der Waals surface area contributed by atoms with Gasteiger partial charge in [0.25, 0.3) is 0 Å². The van der Waals surface area contributed by atoms with Crippen LogP contribution in [0, 0.1) is 25.7 Å². The van der Waals surface area contributed by atoms with E-state index in [1.54, 1.807) is 0 Å². The summed E-state index contributed by atoms with van der Waals surface area (Å²) in [4.78, 5) is 9.24. The quantitative estimate of drug-likeness (QED) is 0.835. The Morgan fingerprint density at radius 2 is 1.86 bits per heavy atom. The van der Waals surface area contributed by atoms with Crippen LogP contribution in [0.25, 0.3) is 0 Å². The zero-order valence-corrected chi connectivity index (χ0v) is 14.8. The second-order valence-corrected chi connectivity index (χ2v) is 7.78. The van der Waals surface area contributed by atoms with Crippen molar-refractivity contribution in [3.05, 3.63) is 17.5 Å². The summed E-state index contributed by atoms with van der Waals surface area (Å²) >= 11 is 1.88. The van der Waals surface area contributed by atoms with Gasteiger partial charge in [-0.15, -0.1) is 0 Å². The van der Waals surface area contributed by atoms with E-state index in [0.29, 0.717) is 17.2 Å². The van der Waals surface area contributed by atoms with Gasteiger partial charge < -0.3 is 5.32 Å². The molecule has 0 spiro atoms. The maximum Gasteiger partial charge on any atom is 0.188 e. The van der Waals surface area contributed by atoms with Crippen molar-refractivity contribution < 1.29 is 0 Å². The molecule has 1 fully saturated rings. The fraction of sp³-hybridized carbons (Fsp3) is 0.765. The monoisotopic (exact) mass is 307 g/mol. The molecule has 0 aliphatic heterocycles. The van der Waals surface area contributed by atoms with Crippen LogP contribution in [0.15, 0.2) is 11.2 Å². The molecule has 4 atom stereocenters. The highest BCUT2D eigenvalue weighted by molar-refractivity contribution is 7.99. The third-order valence-electron chi connectivity index (χ3n) is 4.25. The standard InChI is InChI=1S/C17H29N3S/c1-6-7-18-15-9-11(2)8-12(3)16(15)21-17-19-13(4)10-14(5)20-17/h10-12,15-16,18H,6-9H2,1-5H3. The normalized spacial score (nSPS) is 29.6. The fourth-order valence-corrected chi connectivity index (χ4v) is 4.78. The van der Waals surface area contributed by atoms with Gasteiger partial charge in [-0.2, -0.15) is 0 Å². The lowest BCUT2D eigenvalue weighted by Crippen LogP contribution is -2.46. The molecule has 1 aliphatic carbocycles. The van der Waals surface area contributed by atoms with Crippen LogP contribution in [0.1, 0.15) is 51.4 Å². The Labute approximate surface area is 133 Å². The number of thioether (sulfide) groups is 1. The number of nitrogens with zero attached hydrogens (tertiary/aromatic N) is 2. The first-order chi connectivity index (χ1) is 9.99. The van der Waals surface area contributed by atoms with E-state index in [0.717, 1.165) is 29.0 Å². The molecule has 4 unspecified atom stereocenters. The van der Waals surface area contributed by atoms with Gasteiger partial charge in [0.15, 0.2) is 5.16 Å². The predicted molar refractivity (Wildman–Crippen MR) is 90.8 cm³/mol. The molecule has 0 amide bonds. The zero-order chi connectivity index (χ0) is 15.4. The Morgan fingerprint density at radius 3 is 2.48 bits per heavy atom. The van der Waals surface area contributed by atoms with Crippen molar-refractivity contribution in [3.63, 3.8) is 0 Å². The number of hydrogen-bond acceptors (Lipinski definition) is 4. The van der Waals surface area contributed by atoms with E-state index in [1.807, 2.05) is 17.8 Å². The molecule has 2 rings (SSSR count). The summed E-state index contributed by atoms with van der Waals surface area (Å²) in [5.74, 6) is 1.52. The van der Waals surface area contributed by atoms with Crippen molar-refractivity contribution in [1.29, 1.82) is 0 Å². The Kier molecular flexibility index (Phi) is 6.06. The van der Waals surface area contributed by atoms with Gasteiger partial charge in [-0.05, 0) is 57.6 Å². The van der Waals surface area contributed by atoms with Gasteiger partial charge in [-0.1, -0.05) is 32.5 Å². The van der Waals surface area contributed by atoms with Crippen LogP contribution in [0.5, 0.6) is 0 Å². The SMILES string of the molecule is CCCNC1CC(C)CC(C)C1Sc1nc(C)cc(C)n1. The molecule has 1 aromatic heterocycles. The minimum absolute atomic E-state index is 0.578. The molecule has 0 radical (unpaired) electrons. The molecular weight excluding hydrogens is 278 g/mol. The van der Waals surface area contributed by atoms with E-state index in [1.165, 1.54) is 19.3 Å². The first-order valence-electron chi connectivity index (χ1n) is 8.22. The Bertz CT molecular complexity index is 443. The fourth-order valence-electron chi connectivity index (χ4n) is 3.42. The molecule has 1 N–H and O–H groups in total. The van der Waals surface area contributed by atoms with Crippen LogP contribution in [0.3, 0.4) is 0 Å². The summed E-state index contributed by atoms with van der Waals surface area (Å²) in [6, 6.07) is 2.63. The Morgan fingerprint density at radius 1 is 1.19 bits per heavy atom. The van der Waals surface area contributed by atoms with Crippen LogP contribution in [-0.4, -0.2) is 27.8 Å². The molecule has 118 valence electrons. The summed E-state index contributed by atoms with van der Waals surface area (Å²) in [7, 11) is 0. The van der Waals surface area contributed by atoms with E-state index >= 15 is 0 Å². The van der Waals surface area contributed by atoms with Crippen molar-refractivity contribution >= 4 is 11.8 Å². The third kappa shape index (κ3) is 4.68. The second-order valence-electron chi connectivity index (χ2n) is 6.63. The molecule has 0 bridgehead atoms. The van der Waals surface area contributed by atoms with E-state index in [9.17, 15) is 0 Å². The zero-order valence-electron chi connectivity index (χ0n) is 14.0. The lowest BCUT2D eigenvalue weighted by molar-refractivity contribution is 0.249. The van der Waals surface area contributed by atoms with Gasteiger partial charge in [0, 0.05) is 22.7 Å². The molecule has 4 heteroatoms. The van der Waals surface area contributed by atoms with Crippen LogP contribution in [0.2, 0.25) is 0 Å². The summed E-state index contributed by atoms with van der Waals surface area (Å²) in [5, 5.41) is 5.28. The number of nitrogens with one attached hydrogen (secondary N) is 1. The number of hydrogen-bond donors (Lipinski definition) is 1. The molecule has 21 heavy (non-hydrogen) atoms. The Balaban J connectivity index is 2.12. The number of rotatable bonds is 5. The highest BCUT2D eigenvalue weighted by Crippen LogP contribution is 2.38. The van der Waals surface area contributed by atoms with Crippen molar-refractivity contribution in [3.8, 4) is 0 Å². The van der Waals surface area contributed by atoms with E-state index < -0.39 is 0 Å². The number of aromatic nitrogens is 2. The Hall–Kier alpha value is -0.610. The summed E-state index contributed by atoms with van der Waals surface area (Å²) in [6.45, 7) is 12.2. The van der Waals surface area contributed by atoms with E-state index in [4.69, 9.17) is 0 Å². The molecule has 1 saturated carbocycles. The molecule has 0 aromatic carbocycles. The first-order valence-corrected chi connectivity index (χ1v) is 9.09. The summed E-state index contributed by atoms with van der Waals surface area (Å²) in [6.07, 6.45) is 3.77. The molecular formula is C17H29N3S. The average Bonchev–Trinajstić information content (AvgIpc) is 2.38. The van der Waals surface area contributed by atoms with Crippen LogP contribution >= 0.6 is 11.8 Å². The van der Waals surface area contributed by atoms with Crippen LogP contribution < -0.4 is 5.32 Å². The third-order valence-corrected chi connectivity index (χ3v) is 5.71. The van der Waals surface area contributed by atoms with E-state index in [2.05, 4.69) is 49.9 Å². The van der Waals surface area contributed by atoms with Crippen molar-refractivity contribution in [1.82, 2.24) is 15.3 Å². The lowest BCUT2D eigenvalue weighted by Gasteiger charge is -2.39. The largest absolute Gasteiger partial charge is 0.313 e. The minimum Gasteiger partial charge on any atom is -0.313 e. The van der Waals surface area contributed by atoms with Gasteiger partial charge in [0.05, 0.1) is 0 Å². The van der Waals surface area contributed by atoms with Crippen LogP contribution in [-0.2, 0) is 0 Å². The predicted octanol–water partition coefficient (Wildman–Crippen LogP) is 3.99. The highest BCUT2D eigenvalue weighted by atomic mass is 32.2. The molecule has 1 heterocycles. The van der Waals surface area contributed by atoms with Gasteiger partial charge in [0.2, 0.25) is 0 Å². The van der Waals surface area contributed by atoms with Crippen LogP contribution in [0.4, 0.5) is 0 Å². The van der Waals surface area contributed by atoms with Gasteiger partial charge >= 0.3 is 0 Å². The number of aryl methyl sites for hydroxylation is 2. The maximum absolute atomic E-state index is 4.62. The molecule has 0 saturated heterocycles. The molecule has 3 nitrogen and oxygen atoms in total. The maximum atomic E-state index is 4.62. The average molecular weight is 308 g/mol.